The lowest BCUT2D eigenvalue weighted by Crippen LogP contribution is -2.75. The van der Waals surface area contributed by atoms with Crippen molar-refractivity contribution in [2.45, 2.75) is 45.2 Å². The lowest BCUT2D eigenvalue weighted by Gasteiger charge is -2.50. The highest BCUT2D eigenvalue weighted by molar-refractivity contribution is 6.30. The number of likely N-dealkylation sites (tertiary alicyclic amines) is 1. The molecule has 2 amide bonds. The molecule has 1 spiro atoms. The van der Waals surface area contributed by atoms with Crippen molar-refractivity contribution in [3.05, 3.63) is 52.0 Å². The molecule has 1 unspecified atom stereocenters. The normalized spacial score (nSPS) is 25.5. The van der Waals surface area contributed by atoms with Gasteiger partial charge >= 0.3 is 12.7 Å². The van der Waals surface area contributed by atoms with Crippen LogP contribution in [0.5, 0.6) is 5.75 Å². The second-order valence-electron chi connectivity index (χ2n) is 10.8. The zero-order valence-corrected chi connectivity index (χ0v) is 21.3. The summed E-state index contributed by atoms with van der Waals surface area (Å²) in [5.41, 5.74) is 0.383. The molecule has 0 radical (unpaired) electrons. The van der Waals surface area contributed by atoms with E-state index in [1.807, 2.05) is 12.3 Å². The molecule has 6 rings (SSSR count). The summed E-state index contributed by atoms with van der Waals surface area (Å²) < 4.78 is 37.3. The summed E-state index contributed by atoms with van der Waals surface area (Å²) in [5, 5.41) is 2.03. The molecule has 11 heteroatoms. The van der Waals surface area contributed by atoms with Crippen LogP contribution in [0.15, 0.2) is 41.4 Å². The minimum absolute atomic E-state index is 0.0250. The number of alkyl halides is 2. The summed E-state index contributed by atoms with van der Waals surface area (Å²) in [6.07, 6.45) is 1.02. The first-order chi connectivity index (χ1) is 17.5. The maximum atomic E-state index is 13.9. The second-order valence-corrected chi connectivity index (χ2v) is 11.3. The van der Waals surface area contributed by atoms with Crippen molar-refractivity contribution in [3.63, 3.8) is 0 Å². The summed E-state index contributed by atoms with van der Waals surface area (Å²) >= 11 is 6.26. The fraction of sp³-hybridized carbons (Fsp3) is 0.423. The fourth-order valence-electron chi connectivity index (χ4n) is 5.77. The highest BCUT2D eigenvalue weighted by Gasteiger charge is 2.68. The molecular weight excluding hydrogens is 506 g/mol. The van der Waals surface area contributed by atoms with Gasteiger partial charge in [0.15, 0.2) is 11.8 Å². The van der Waals surface area contributed by atoms with E-state index in [0.717, 1.165) is 10.6 Å². The molecule has 0 aliphatic carbocycles. The Balaban J connectivity index is 1.39. The Morgan fingerprint density at radius 1 is 1.19 bits per heavy atom. The topological polar surface area (TPSA) is 71.4 Å². The predicted molar refractivity (Wildman–Crippen MR) is 133 cm³/mol. The summed E-state index contributed by atoms with van der Waals surface area (Å²) in [5.74, 6) is -0.603. The van der Waals surface area contributed by atoms with Gasteiger partial charge in [0.2, 0.25) is 17.8 Å². The van der Waals surface area contributed by atoms with E-state index >= 15 is 0 Å². The van der Waals surface area contributed by atoms with Crippen LogP contribution in [0.25, 0.3) is 6.20 Å². The smallest absolute Gasteiger partial charge is 0.410 e. The quantitative estimate of drug-likeness (QED) is 0.570. The Hall–Kier alpha value is -3.24. The van der Waals surface area contributed by atoms with E-state index < -0.39 is 30.4 Å². The maximum Gasteiger partial charge on any atom is 0.410 e. The van der Waals surface area contributed by atoms with Gasteiger partial charge in [0.25, 0.3) is 0 Å². The van der Waals surface area contributed by atoms with Gasteiger partial charge in [-0.1, -0.05) is 17.7 Å². The van der Waals surface area contributed by atoms with Gasteiger partial charge in [0, 0.05) is 18.1 Å². The number of benzene rings is 2. The number of ether oxygens (including phenoxy) is 2. The van der Waals surface area contributed by atoms with E-state index in [1.165, 1.54) is 11.0 Å². The van der Waals surface area contributed by atoms with Gasteiger partial charge in [-0.25, -0.2) is 9.28 Å². The maximum absolute atomic E-state index is 13.9. The van der Waals surface area contributed by atoms with Crippen LogP contribution < -0.4 is 24.7 Å². The average molecular weight is 532 g/mol. The molecule has 2 saturated heterocycles. The number of rotatable bonds is 3. The third-order valence-electron chi connectivity index (χ3n) is 7.22. The minimum Gasteiger partial charge on any atom is -0.444 e. The van der Waals surface area contributed by atoms with Crippen LogP contribution in [-0.2, 0) is 9.53 Å². The van der Waals surface area contributed by atoms with Crippen molar-refractivity contribution >= 4 is 41.2 Å². The van der Waals surface area contributed by atoms with Gasteiger partial charge in [0.1, 0.15) is 24.0 Å². The molecule has 3 atom stereocenters. The Kier molecular flexibility index (Phi) is 5.30. The highest BCUT2D eigenvalue weighted by Crippen LogP contribution is 2.57. The lowest BCUT2D eigenvalue weighted by atomic mass is 9.95. The SMILES string of the molecule is CC(C)(C)OC(=O)N1CC(C(=O)N2c3cccc(OC(F)F)c3[N@+]34C=c5cc(Cl)ccc5=N[C@H](C3)C24)C1. The first-order valence-electron chi connectivity index (χ1n) is 12.1. The van der Waals surface area contributed by atoms with Crippen molar-refractivity contribution in [2.75, 3.05) is 24.5 Å². The van der Waals surface area contributed by atoms with Crippen LogP contribution in [0, 0.1) is 5.92 Å². The number of anilines is 1. The number of hydrogen-bond donors (Lipinski definition) is 0. The molecule has 4 heterocycles. The second kappa shape index (κ2) is 8.13. The third-order valence-corrected chi connectivity index (χ3v) is 7.46. The number of amides is 2. The van der Waals surface area contributed by atoms with Crippen LogP contribution in [0.3, 0.4) is 0 Å². The molecule has 2 fully saturated rings. The van der Waals surface area contributed by atoms with Gasteiger partial charge in [0.05, 0.1) is 16.5 Å². The van der Waals surface area contributed by atoms with Gasteiger partial charge in [-0.2, -0.15) is 8.78 Å². The number of carbonyl (C=O) groups excluding carboxylic acids is 2. The molecule has 2 aromatic rings. The lowest BCUT2D eigenvalue weighted by molar-refractivity contribution is -0.128. The summed E-state index contributed by atoms with van der Waals surface area (Å²) in [4.78, 5) is 34.4. The van der Waals surface area contributed by atoms with Gasteiger partial charge < -0.3 is 14.4 Å². The van der Waals surface area contributed by atoms with Crippen molar-refractivity contribution in [2.24, 2.45) is 10.9 Å². The zero-order valence-electron chi connectivity index (χ0n) is 20.5. The first-order valence-corrected chi connectivity index (χ1v) is 12.5. The van der Waals surface area contributed by atoms with Crippen LogP contribution in [0.1, 0.15) is 20.8 Å². The number of nitrogens with zero attached hydrogens (tertiary/aromatic N) is 4. The van der Waals surface area contributed by atoms with E-state index in [1.54, 1.807) is 49.9 Å². The van der Waals surface area contributed by atoms with E-state index in [0.29, 0.717) is 22.9 Å². The first kappa shape index (κ1) is 24.1. The third kappa shape index (κ3) is 3.76. The Labute approximate surface area is 216 Å². The molecule has 2 aromatic carbocycles. The van der Waals surface area contributed by atoms with E-state index in [9.17, 15) is 18.4 Å². The largest absolute Gasteiger partial charge is 0.444 e. The number of quaternary nitrogens is 1. The summed E-state index contributed by atoms with van der Waals surface area (Å²) in [7, 11) is 0. The molecule has 37 heavy (non-hydrogen) atoms. The molecule has 0 aromatic heterocycles. The van der Waals surface area contributed by atoms with Crippen molar-refractivity contribution in [3.8, 4) is 5.75 Å². The Bertz CT molecular complexity index is 1440. The Morgan fingerprint density at radius 3 is 2.65 bits per heavy atom. The van der Waals surface area contributed by atoms with Crippen LogP contribution >= 0.6 is 11.6 Å². The van der Waals surface area contributed by atoms with Crippen LogP contribution in [-0.4, -0.2) is 61.0 Å². The number of fused-ring (bicyclic) bond motifs is 4. The molecule has 194 valence electrons. The number of hydrogen-bond acceptors (Lipinski definition) is 5. The minimum atomic E-state index is -3.02. The average Bonchev–Trinajstić information content (AvgIpc) is 2.85. The highest BCUT2D eigenvalue weighted by atomic mass is 35.5. The molecule has 2 bridgehead atoms. The molecule has 4 aliphatic rings. The monoisotopic (exact) mass is 531 g/mol. The van der Waals surface area contributed by atoms with Gasteiger partial charge in [-0.05, 0) is 51.1 Å². The molecule has 8 nitrogen and oxygen atoms in total. The number of halogens is 3. The number of para-hydroxylation sites is 1. The molecule has 0 N–H and O–H groups in total. The summed E-state index contributed by atoms with van der Waals surface area (Å²) in [6.45, 7) is 3.28. The standard InChI is InChI=1S/C26H26ClF2N4O4/c1-26(2,3)37-25(35)31-10-15(11-31)23(34)32-19-5-4-6-20(36-24(28)29)21(19)33-12-14-9-16(27)7-8-17(14)30-18(13-33)22(32)33/h4-9,12,15,18,22,24H,10-11,13H2,1-3H3/q+1/t18-,22?,33+/m1/s1. The van der Waals surface area contributed by atoms with Crippen LogP contribution in [0.4, 0.5) is 25.0 Å². The van der Waals surface area contributed by atoms with E-state index in [-0.39, 0.29) is 35.3 Å². The van der Waals surface area contributed by atoms with Crippen molar-refractivity contribution < 1.29 is 27.8 Å². The van der Waals surface area contributed by atoms with Crippen molar-refractivity contribution in [1.82, 2.24) is 9.38 Å². The molecule has 4 aliphatic heterocycles. The van der Waals surface area contributed by atoms with Crippen LogP contribution in [0.2, 0.25) is 5.02 Å². The summed E-state index contributed by atoms with van der Waals surface area (Å²) in [6, 6.07) is 9.97. The van der Waals surface area contributed by atoms with E-state index in [4.69, 9.17) is 26.1 Å². The van der Waals surface area contributed by atoms with Crippen molar-refractivity contribution in [1.29, 1.82) is 0 Å². The molecule has 0 saturated carbocycles. The van der Waals surface area contributed by atoms with Gasteiger partial charge in [-0.15, -0.1) is 0 Å². The predicted octanol–water partition coefficient (Wildman–Crippen LogP) is 3.24. The van der Waals surface area contributed by atoms with E-state index in [2.05, 4.69) is 0 Å². The van der Waals surface area contributed by atoms with Gasteiger partial charge in [-0.3, -0.25) is 14.7 Å². The zero-order chi connectivity index (χ0) is 26.3. The number of carbonyl (C=O) groups is 2. The Morgan fingerprint density at radius 2 is 1.95 bits per heavy atom. The molecular formula is C26H26ClF2N4O4+. The fourth-order valence-corrected chi connectivity index (χ4v) is 5.95.